The fraction of sp³-hybridized carbons (Fsp3) is 0.0526. The monoisotopic (exact) mass is 350 g/mol. The molecule has 4 nitrogen and oxygen atoms in total. The second-order valence-electron chi connectivity index (χ2n) is 5.62. The summed E-state index contributed by atoms with van der Waals surface area (Å²) in [6.07, 6.45) is -2.88. The van der Waals surface area contributed by atoms with Crippen molar-refractivity contribution < 1.29 is 13.2 Å². The number of halogens is 3. The van der Waals surface area contributed by atoms with Gasteiger partial charge in [0.05, 0.1) is 28.2 Å². The van der Waals surface area contributed by atoms with Crippen molar-refractivity contribution in [3.05, 3.63) is 83.1 Å². The molecule has 0 spiro atoms. The van der Waals surface area contributed by atoms with E-state index in [4.69, 9.17) is 6.57 Å². The Morgan fingerprint density at radius 2 is 1.62 bits per heavy atom. The van der Waals surface area contributed by atoms with Gasteiger partial charge in [0.2, 0.25) is 0 Å². The third-order valence-corrected chi connectivity index (χ3v) is 4.09. The first kappa shape index (κ1) is 16.0. The molecule has 1 heterocycles. The highest BCUT2D eigenvalue weighted by Gasteiger charge is 2.31. The van der Waals surface area contributed by atoms with Crippen LogP contribution in [0.5, 0.6) is 0 Å². The standard InChI is InChI=1S/C19H9F3N4/c1-23-26-17-14-5-3-2-4-13(14)16-18(17)25-15(10-24-16)11-6-8-12(9-7-11)19(20,21)22/h2-10H. The molecule has 1 aliphatic carbocycles. The SMILES string of the molecule is [C-]#[N+]N=C1c2ccccc2-c2ncc(-c3ccc(C(F)(F)F)cc3)nc21. The minimum Gasteiger partial charge on any atom is -0.252 e. The van der Waals surface area contributed by atoms with Gasteiger partial charge in [-0.3, -0.25) is 4.98 Å². The van der Waals surface area contributed by atoms with Crippen molar-refractivity contribution in [3.8, 4) is 22.5 Å². The van der Waals surface area contributed by atoms with Gasteiger partial charge < -0.3 is 0 Å². The van der Waals surface area contributed by atoms with Crippen LogP contribution in [-0.4, -0.2) is 15.7 Å². The summed E-state index contributed by atoms with van der Waals surface area (Å²) in [5.74, 6) is 0. The van der Waals surface area contributed by atoms with Gasteiger partial charge in [0.25, 0.3) is 0 Å². The van der Waals surface area contributed by atoms with Crippen molar-refractivity contribution in [1.29, 1.82) is 0 Å². The summed E-state index contributed by atoms with van der Waals surface area (Å²) >= 11 is 0. The number of hydrogen-bond donors (Lipinski definition) is 0. The third-order valence-electron chi connectivity index (χ3n) is 4.09. The lowest BCUT2D eigenvalue weighted by atomic mass is 10.1. The third kappa shape index (κ3) is 2.52. The zero-order valence-electron chi connectivity index (χ0n) is 13.1. The van der Waals surface area contributed by atoms with E-state index in [0.717, 1.165) is 23.3 Å². The predicted molar refractivity (Wildman–Crippen MR) is 90.1 cm³/mol. The molecule has 0 fully saturated rings. The maximum absolute atomic E-state index is 12.7. The summed E-state index contributed by atoms with van der Waals surface area (Å²) in [7, 11) is 0. The minimum atomic E-state index is -4.39. The number of nitrogens with zero attached hydrogens (tertiary/aromatic N) is 4. The molecule has 4 rings (SSSR count). The van der Waals surface area contributed by atoms with E-state index in [0.29, 0.717) is 28.4 Å². The lowest BCUT2D eigenvalue weighted by Gasteiger charge is -2.08. The van der Waals surface area contributed by atoms with Gasteiger partial charge in [0.15, 0.2) is 5.71 Å². The number of benzene rings is 2. The molecular weight excluding hydrogens is 341 g/mol. The topological polar surface area (TPSA) is 42.5 Å². The summed E-state index contributed by atoms with van der Waals surface area (Å²) in [5.41, 5.74) is 3.29. The first-order valence-electron chi connectivity index (χ1n) is 7.58. The van der Waals surface area contributed by atoms with E-state index in [-0.39, 0.29) is 0 Å². The zero-order valence-corrected chi connectivity index (χ0v) is 13.1. The van der Waals surface area contributed by atoms with Gasteiger partial charge in [0.1, 0.15) is 5.69 Å². The Hall–Kier alpha value is -3.53. The van der Waals surface area contributed by atoms with E-state index < -0.39 is 11.7 Å². The Kier molecular flexibility index (Phi) is 3.55. The van der Waals surface area contributed by atoms with Crippen LogP contribution >= 0.6 is 0 Å². The minimum absolute atomic E-state index is 0.419. The van der Waals surface area contributed by atoms with Gasteiger partial charge in [-0.1, -0.05) is 36.4 Å². The molecule has 0 bridgehead atoms. The predicted octanol–water partition coefficient (Wildman–Crippen LogP) is 4.81. The summed E-state index contributed by atoms with van der Waals surface area (Å²) in [5, 5.41) is 3.84. The van der Waals surface area contributed by atoms with E-state index in [1.165, 1.54) is 18.3 Å². The Morgan fingerprint density at radius 1 is 0.923 bits per heavy atom. The molecule has 7 heteroatoms. The van der Waals surface area contributed by atoms with E-state index in [1.807, 2.05) is 24.3 Å². The van der Waals surface area contributed by atoms with Crippen LogP contribution in [0.25, 0.3) is 27.5 Å². The van der Waals surface area contributed by atoms with E-state index >= 15 is 0 Å². The summed E-state index contributed by atoms with van der Waals surface area (Å²) in [6.45, 7) is 7.03. The van der Waals surface area contributed by atoms with Gasteiger partial charge in [-0.15, -0.1) is 4.95 Å². The lowest BCUT2D eigenvalue weighted by molar-refractivity contribution is -0.137. The van der Waals surface area contributed by atoms with Crippen molar-refractivity contribution in [2.75, 3.05) is 0 Å². The second kappa shape index (κ2) is 5.77. The van der Waals surface area contributed by atoms with Crippen LogP contribution in [0.1, 0.15) is 16.8 Å². The number of fused-ring (bicyclic) bond motifs is 3. The van der Waals surface area contributed by atoms with Gasteiger partial charge >= 0.3 is 6.18 Å². The average Bonchev–Trinajstić information content (AvgIpc) is 2.95. The number of alkyl halides is 3. The highest BCUT2D eigenvalue weighted by molar-refractivity contribution is 6.23. The number of aromatic nitrogens is 2. The fourth-order valence-corrected chi connectivity index (χ4v) is 2.90. The number of rotatable bonds is 1. The molecule has 0 N–H and O–H groups in total. The maximum atomic E-state index is 12.7. The molecule has 3 aromatic rings. The number of hydrogen-bond acceptors (Lipinski definition) is 3. The lowest BCUT2D eigenvalue weighted by Crippen LogP contribution is -2.04. The molecule has 126 valence electrons. The van der Waals surface area contributed by atoms with Crippen molar-refractivity contribution >= 4 is 5.71 Å². The van der Waals surface area contributed by atoms with E-state index in [2.05, 4.69) is 20.0 Å². The zero-order chi connectivity index (χ0) is 18.3. The molecule has 0 amide bonds. The molecule has 0 saturated heterocycles. The fourth-order valence-electron chi connectivity index (χ4n) is 2.90. The summed E-state index contributed by atoms with van der Waals surface area (Å²) in [4.78, 5) is 12.0. The summed E-state index contributed by atoms with van der Waals surface area (Å²) in [6, 6.07) is 12.1. The normalized spacial score (nSPS) is 14.0. The first-order valence-corrected chi connectivity index (χ1v) is 7.58. The highest BCUT2D eigenvalue weighted by atomic mass is 19.4. The van der Waals surface area contributed by atoms with Crippen LogP contribution < -0.4 is 0 Å². The van der Waals surface area contributed by atoms with Crippen LogP contribution in [0.4, 0.5) is 13.2 Å². The van der Waals surface area contributed by atoms with Crippen LogP contribution in [0, 0.1) is 6.57 Å². The van der Waals surface area contributed by atoms with Crippen molar-refractivity contribution in [3.63, 3.8) is 0 Å². The van der Waals surface area contributed by atoms with Crippen molar-refractivity contribution in [1.82, 2.24) is 9.97 Å². The van der Waals surface area contributed by atoms with Crippen molar-refractivity contribution in [2.45, 2.75) is 6.18 Å². The van der Waals surface area contributed by atoms with Gasteiger partial charge in [-0.25, -0.2) is 4.98 Å². The molecule has 26 heavy (non-hydrogen) atoms. The molecular formula is C19H9F3N4. The summed E-state index contributed by atoms with van der Waals surface area (Å²) < 4.78 is 38.2. The smallest absolute Gasteiger partial charge is 0.252 e. The Balaban J connectivity index is 1.82. The van der Waals surface area contributed by atoms with Crippen LogP contribution in [0.15, 0.2) is 59.8 Å². The van der Waals surface area contributed by atoms with Gasteiger partial charge in [-0.05, 0) is 12.1 Å². The van der Waals surface area contributed by atoms with Crippen molar-refractivity contribution in [2.24, 2.45) is 5.10 Å². The Labute approximate surface area is 146 Å². The van der Waals surface area contributed by atoms with Crippen LogP contribution in [0.3, 0.4) is 0 Å². The Bertz CT molecular complexity index is 1080. The second-order valence-corrected chi connectivity index (χ2v) is 5.62. The average molecular weight is 350 g/mol. The molecule has 0 aliphatic heterocycles. The molecule has 1 aliphatic rings. The van der Waals surface area contributed by atoms with Crippen LogP contribution in [-0.2, 0) is 6.18 Å². The van der Waals surface area contributed by atoms with Gasteiger partial charge in [-0.2, -0.15) is 19.7 Å². The van der Waals surface area contributed by atoms with E-state index in [1.54, 1.807) is 0 Å². The molecule has 2 aromatic carbocycles. The quantitative estimate of drug-likeness (QED) is 0.365. The molecule has 1 aromatic heterocycles. The van der Waals surface area contributed by atoms with Crippen LogP contribution in [0.2, 0.25) is 0 Å². The largest absolute Gasteiger partial charge is 0.416 e. The molecule has 0 unspecified atom stereocenters. The molecule has 0 saturated carbocycles. The molecule has 0 atom stereocenters. The molecule has 0 radical (unpaired) electrons. The first-order chi connectivity index (χ1) is 12.5. The van der Waals surface area contributed by atoms with E-state index in [9.17, 15) is 13.2 Å². The van der Waals surface area contributed by atoms with Gasteiger partial charge in [0, 0.05) is 16.7 Å². The Morgan fingerprint density at radius 3 is 2.27 bits per heavy atom. The maximum Gasteiger partial charge on any atom is 0.416 e. The highest BCUT2D eigenvalue weighted by Crippen LogP contribution is 2.36.